The first kappa shape index (κ1) is 42.2. The van der Waals surface area contributed by atoms with Crippen LogP contribution in [0.2, 0.25) is 0 Å². The highest BCUT2D eigenvalue weighted by atomic mass is 32.2. The fraction of sp³-hybridized carbons (Fsp3) is 0.324. The summed E-state index contributed by atoms with van der Waals surface area (Å²) in [4.78, 5) is 27.5. The maximum atomic E-state index is 14.1. The van der Waals surface area contributed by atoms with E-state index in [1.165, 1.54) is 13.8 Å². The number of halogens is 5. The summed E-state index contributed by atoms with van der Waals surface area (Å²) < 4.78 is 117. The van der Waals surface area contributed by atoms with Gasteiger partial charge in [-0.2, -0.15) is 18.4 Å². The summed E-state index contributed by atoms with van der Waals surface area (Å²) in [5.74, 6) is -3.89. The molecule has 4 aromatic rings. The topological polar surface area (TPSA) is 189 Å². The van der Waals surface area contributed by atoms with Crippen molar-refractivity contribution in [1.29, 1.82) is 5.26 Å². The van der Waals surface area contributed by atoms with E-state index in [1.807, 2.05) is 20.8 Å². The number of carbonyl (C=O) groups is 2. The van der Waals surface area contributed by atoms with Crippen LogP contribution in [0.1, 0.15) is 65.3 Å². The van der Waals surface area contributed by atoms with Gasteiger partial charge in [0.25, 0.3) is 0 Å². The van der Waals surface area contributed by atoms with E-state index in [9.17, 15) is 48.4 Å². The molecule has 0 atom stereocenters. The molecule has 19 heteroatoms. The third-order valence-electron chi connectivity index (χ3n) is 7.76. The standard InChI is InChI=1S/C17H13F4N3O3S.C17H21FN2O4S/c1-16(2,28(26,27)13-5-3-10(8-22)7-12(13)18)15(25)24-14-6-4-11(9-23-14)17(19,20)21;1-16(2,3)13-10-14(24-20-13)19-15(21)17(4,5)25(22,23)12-8-6-11(18)7-9-12/h3-7,9H,1-2H3,(H,23,24,25);6-10H,1-5H3,(H,19,21). The molecule has 0 radical (unpaired) electrons. The molecule has 53 heavy (non-hydrogen) atoms. The van der Waals surface area contributed by atoms with Crippen LogP contribution in [0, 0.1) is 23.0 Å². The second-order valence-electron chi connectivity index (χ2n) is 13.4. The van der Waals surface area contributed by atoms with Crippen molar-refractivity contribution in [2.24, 2.45) is 0 Å². The number of nitrogens with zero attached hydrogens (tertiary/aromatic N) is 3. The number of nitrogens with one attached hydrogen (secondary N) is 2. The van der Waals surface area contributed by atoms with Crippen LogP contribution in [0.15, 0.2) is 81.2 Å². The molecule has 0 spiro atoms. The smallest absolute Gasteiger partial charge is 0.338 e. The number of nitriles is 1. The predicted molar refractivity (Wildman–Crippen MR) is 182 cm³/mol. The van der Waals surface area contributed by atoms with Gasteiger partial charge in [0, 0.05) is 17.7 Å². The third-order valence-corrected chi connectivity index (χ3v) is 12.6. The zero-order valence-corrected chi connectivity index (χ0v) is 30.9. The Morgan fingerprint density at radius 2 is 1.34 bits per heavy atom. The van der Waals surface area contributed by atoms with Crippen molar-refractivity contribution in [3.8, 4) is 6.07 Å². The Labute approximate surface area is 302 Å². The molecule has 2 aromatic carbocycles. The fourth-order valence-corrected chi connectivity index (χ4v) is 6.85. The Hall–Kier alpha value is -5.22. The lowest BCUT2D eigenvalue weighted by Crippen LogP contribution is -2.44. The van der Waals surface area contributed by atoms with Crippen molar-refractivity contribution in [3.63, 3.8) is 0 Å². The zero-order chi connectivity index (χ0) is 40.4. The first-order chi connectivity index (χ1) is 24.2. The number of benzene rings is 2. The van der Waals surface area contributed by atoms with E-state index >= 15 is 0 Å². The van der Waals surface area contributed by atoms with E-state index in [4.69, 9.17) is 9.78 Å². The average Bonchev–Trinajstić information content (AvgIpc) is 3.54. The molecule has 0 aliphatic carbocycles. The van der Waals surface area contributed by atoms with Gasteiger partial charge in [0.15, 0.2) is 19.7 Å². The van der Waals surface area contributed by atoms with Crippen molar-refractivity contribution in [3.05, 3.63) is 95.3 Å². The van der Waals surface area contributed by atoms with Gasteiger partial charge in [-0.15, -0.1) is 0 Å². The highest BCUT2D eigenvalue weighted by Gasteiger charge is 2.45. The molecule has 0 saturated carbocycles. The second kappa shape index (κ2) is 15.0. The van der Waals surface area contributed by atoms with E-state index in [1.54, 1.807) is 12.1 Å². The van der Waals surface area contributed by atoms with Gasteiger partial charge in [-0.05, 0) is 82.3 Å². The van der Waals surface area contributed by atoms with Crippen molar-refractivity contribution >= 4 is 43.2 Å². The summed E-state index contributed by atoms with van der Waals surface area (Å²) in [6, 6.07) is 11.8. The molecule has 0 unspecified atom stereocenters. The zero-order valence-electron chi connectivity index (χ0n) is 29.3. The van der Waals surface area contributed by atoms with Crippen LogP contribution in [0.25, 0.3) is 0 Å². The third kappa shape index (κ3) is 9.24. The maximum absolute atomic E-state index is 14.1. The summed E-state index contributed by atoms with van der Waals surface area (Å²) >= 11 is 0. The highest BCUT2D eigenvalue weighted by Crippen LogP contribution is 2.32. The number of hydrogen-bond acceptors (Lipinski definition) is 10. The Balaban J connectivity index is 0.000000287. The molecule has 0 fully saturated rings. The van der Waals surface area contributed by atoms with Crippen LogP contribution in [0.3, 0.4) is 0 Å². The summed E-state index contributed by atoms with van der Waals surface area (Å²) in [6.07, 6.45) is -4.14. The number of aromatic nitrogens is 2. The van der Waals surface area contributed by atoms with Crippen molar-refractivity contribution < 1.29 is 52.9 Å². The van der Waals surface area contributed by atoms with E-state index in [-0.39, 0.29) is 27.6 Å². The molecule has 2 heterocycles. The minimum atomic E-state index is -4.62. The second-order valence-corrected chi connectivity index (χ2v) is 18.4. The normalized spacial score (nSPS) is 12.6. The Kier molecular flexibility index (Phi) is 12.0. The number of alkyl halides is 3. The quantitative estimate of drug-likeness (QED) is 0.145. The Morgan fingerprint density at radius 1 is 0.774 bits per heavy atom. The lowest BCUT2D eigenvalue weighted by molar-refractivity contribution is -0.137. The monoisotopic (exact) mass is 783 g/mol. The van der Waals surface area contributed by atoms with Crippen molar-refractivity contribution in [2.45, 2.75) is 79.3 Å². The van der Waals surface area contributed by atoms with Gasteiger partial charge >= 0.3 is 6.18 Å². The van der Waals surface area contributed by atoms with Crippen LogP contribution in [-0.4, -0.2) is 48.3 Å². The van der Waals surface area contributed by atoms with E-state index < -0.39 is 69.3 Å². The minimum absolute atomic E-state index is 0.0670. The maximum Gasteiger partial charge on any atom is 0.417 e. The van der Waals surface area contributed by atoms with E-state index in [2.05, 4.69) is 20.8 Å². The van der Waals surface area contributed by atoms with Crippen LogP contribution < -0.4 is 10.6 Å². The lowest BCUT2D eigenvalue weighted by Gasteiger charge is -2.24. The van der Waals surface area contributed by atoms with Crippen LogP contribution >= 0.6 is 0 Å². The highest BCUT2D eigenvalue weighted by molar-refractivity contribution is 7.94. The minimum Gasteiger partial charge on any atom is -0.338 e. The van der Waals surface area contributed by atoms with Gasteiger partial charge in [0.05, 0.1) is 27.8 Å². The molecule has 0 saturated heterocycles. The number of amides is 2. The molecule has 0 aliphatic heterocycles. The SMILES string of the molecule is CC(C)(C(=O)Nc1ccc(C(F)(F)F)cn1)S(=O)(=O)c1ccc(C#N)cc1F.CC(C)(C)c1cc(NC(=O)C(C)(C)S(=O)(=O)c2ccc(F)cc2)on1. The molecular weight excluding hydrogens is 750 g/mol. The Bertz CT molecular complexity index is 2260. The Morgan fingerprint density at radius 3 is 1.81 bits per heavy atom. The molecule has 0 bridgehead atoms. The van der Waals surface area contributed by atoms with Gasteiger partial charge in [-0.1, -0.05) is 25.9 Å². The van der Waals surface area contributed by atoms with E-state index in [0.29, 0.717) is 18.0 Å². The summed E-state index contributed by atoms with van der Waals surface area (Å²) in [7, 11) is -8.59. The van der Waals surface area contributed by atoms with Gasteiger partial charge in [-0.3, -0.25) is 14.9 Å². The number of rotatable bonds is 8. The van der Waals surface area contributed by atoms with Crippen LogP contribution in [-0.2, 0) is 40.9 Å². The summed E-state index contributed by atoms with van der Waals surface area (Å²) in [6.45, 7) is 10.4. The van der Waals surface area contributed by atoms with Crippen LogP contribution in [0.4, 0.5) is 33.7 Å². The molecule has 2 amide bonds. The summed E-state index contributed by atoms with van der Waals surface area (Å²) in [5.41, 5.74) is -0.797. The average molecular weight is 784 g/mol. The molecule has 0 aliphatic rings. The number of pyridine rings is 1. The van der Waals surface area contributed by atoms with Gasteiger partial charge < -0.3 is 9.84 Å². The summed E-state index contributed by atoms with van der Waals surface area (Å²) in [5, 5.41) is 17.1. The van der Waals surface area contributed by atoms with Crippen molar-refractivity contribution in [1.82, 2.24) is 10.1 Å². The molecule has 12 nitrogen and oxygen atoms in total. The number of hydrogen-bond donors (Lipinski definition) is 2. The molecule has 2 N–H and O–H groups in total. The lowest BCUT2D eigenvalue weighted by atomic mass is 9.92. The first-order valence-electron chi connectivity index (χ1n) is 15.2. The van der Waals surface area contributed by atoms with Gasteiger partial charge in [0.1, 0.15) is 31.8 Å². The first-order valence-corrected chi connectivity index (χ1v) is 18.2. The van der Waals surface area contributed by atoms with Crippen LogP contribution in [0.5, 0.6) is 0 Å². The van der Waals surface area contributed by atoms with Gasteiger partial charge in [0.2, 0.25) is 17.7 Å². The fourth-order valence-electron chi connectivity index (χ4n) is 4.07. The largest absolute Gasteiger partial charge is 0.417 e. The molecule has 2 aromatic heterocycles. The predicted octanol–water partition coefficient (Wildman–Crippen LogP) is 6.60. The molecule has 4 rings (SSSR count). The van der Waals surface area contributed by atoms with Crippen molar-refractivity contribution in [2.75, 3.05) is 10.6 Å². The number of sulfone groups is 2. The van der Waals surface area contributed by atoms with Gasteiger partial charge in [-0.25, -0.2) is 30.6 Å². The number of carbonyl (C=O) groups excluding carboxylic acids is 2. The number of anilines is 2. The molecular formula is C34H34F5N5O7S2. The van der Waals surface area contributed by atoms with E-state index in [0.717, 1.165) is 62.4 Å². The molecule has 284 valence electrons.